The van der Waals surface area contributed by atoms with Crippen LogP contribution in [0.1, 0.15) is 19.4 Å². The lowest BCUT2D eigenvalue weighted by atomic mass is 9.98. The molecule has 0 saturated carbocycles. The SMILES string of the molecule is CC.FC(F)(c1ccccc1)[n+]1c(-c2ccccc2)cc(-c2ccccc2)cc1-c1ccccc1. The van der Waals surface area contributed by atoms with Gasteiger partial charge in [0.1, 0.15) is 0 Å². The summed E-state index contributed by atoms with van der Waals surface area (Å²) in [5.74, 6) is 0. The zero-order chi connectivity index (χ0) is 24.7. The number of hydrogen-bond donors (Lipinski definition) is 0. The van der Waals surface area contributed by atoms with Crippen LogP contribution in [0.2, 0.25) is 0 Å². The summed E-state index contributed by atoms with van der Waals surface area (Å²) in [6.45, 7) is 4.00. The van der Waals surface area contributed by atoms with Gasteiger partial charge in [-0.2, -0.15) is 0 Å². The first-order valence-electron chi connectivity index (χ1n) is 11.8. The molecule has 0 amide bonds. The Morgan fingerprint density at radius 2 is 0.800 bits per heavy atom. The van der Waals surface area contributed by atoms with E-state index in [1.54, 1.807) is 18.2 Å². The molecule has 0 saturated heterocycles. The first kappa shape index (κ1) is 24.0. The lowest BCUT2D eigenvalue weighted by molar-refractivity contribution is -0.793. The number of benzene rings is 4. The highest BCUT2D eigenvalue weighted by atomic mass is 19.3. The highest BCUT2D eigenvalue weighted by molar-refractivity contribution is 5.73. The molecular weight excluding hydrogens is 436 g/mol. The molecule has 0 spiro atoms. The molecule has 174 valence electrons. The molecule has 1 heterocycles. The van der Waals surface area contributed by atoms with Crippen LogP contribution in [-0.2, 0) is 6.05 Å². The summed E-state index contributed by atoms with van der Waals surface area (Å²) < 4.78 is 33.7. The summed E-state index contributed by atoms with van der Waals surface area (Å²) in [6, 6.07) is 37.0. The third kappa shape index (κ3) is 5.04. The largest absolute Gasteiger partial charge is 0.490 e. The van der Waals surface area contributed by atoms with E-state index in [1.165, 1.54) is 16.7 Å². The monoisotopic (exact) mass is 464 g/mol. The Kier molecular flexibility index (Phi) is 7.47. The topological polar surface area (TPSA) is 3.88 Å². The Morgan fingerprint density at radius 3 is 1.20 bits per heavy atom. The van der Waals surface area contributed by atoms with Gasteiger partial charge >= 0.3 is 6.05 Å². The highest BCUT2D eigenvalue weighted by Crippen LogP contribution is 2.35. The van der Waals surface area contributed by atoms with Crippen molar-refractivity contribution in [2.24, 2.45) is 0 Å². The summed E-state index contributed by atoms with van der Waals surface area (Å²) in [7, 11) is 0. The van der Waals surface area contributed by atoms with Crippen LogP contribution in [0.15, 0.2) is 133 Å². The van der Waals surface area contributed by atoms with Crippen molar-refractivity contribution in [2.45, 2.75) is 19.9 Å². The fourth-order valence-electron chi connectivity index (χ4n) is 4.11. The summed E-state index contributed by atoms with van der Waals surface area (Å²) in [5.41, 5.74) is 4.15. The van der Waals surface area contributed by atoms with E-state index in [9.17, 15) is 0 Å². The predicted molar refractivity (Wildman–Crippen MR) is 140 cm³/mol. The number of halogens is 2. The van der Waals surface area contributed by atoms with E-state index in [0.29, 0.717) is 11.4 Å². The maximum Gasteiger partial charge on any atom is 0.490 e. The van der Waals surface area contributed by atoms with Gasteiger partial charge in [-0.25, -0.2) is 0 Å². The van der Waals surface area contributed by atoms with Crippen molar-refractivity contribution in [2.75, 3.05) is 0 Å². The van der Waals surface area contributed by atoms with E-state index in [4.69, 9.17) is 0 Å². The Labute approximate surface area is 206 Å². The first-order chi connectivity index (χ1) is 17.1. The minimum atomic E-state index is -3.27. The van der Waals surface area contributed by atoms with Crippen LogP contribution in [0.3, 0.4) is 0 Å². The molecular formula is C32H28F2N+. The Bertz CT molecular complexity index is 1290. The van der Waals surface area contributed by atoms with Crippen LogP contribution in [0, 0.1) is 0 Å². The quantitative estimate of drug-likeness (QED) is 0.229. The van der Waals surface area contributed by atoms with Gasteiger partial charge in [0.2, 0.25) is 11.4 Å². The molecule has 5 aromatic rings. The van der Waals surface area contributed by atoms with Crippen molar-refractivity contribution >= 4 is 0 Å². The summed E-state index contributed by atoms with van der Waals surface area (Å²) in [6.07, 6.45) is 0. The number of pyridine rings is 1. The molecule has 4 aromatic carbocycles. The highest BCUT2D eigenvalue weighted by Gasteiger charge is 2.48. The third-order valence-corrected chi connectivity index (χ3v) is 5.71. The average Bonchev–Trinajstić information content (AvgIpc) is 2.95. The second kappa shape index (κ2) is 10.9. The smallest absolute Gasteiger partial charge is 0.134 e. The van der Waals surface area contributed by atoms with Crippen LogP contribution in [-0.4, -0.2) is 0 Å². The summed E-state index contributed by atoms with van der Waals surface area (Å²) in [5, 5.41) is 0. The molecule has 0 aliphatic heterocycles. The van der Waals surface area contributed by atoms with E-state index >= 15 is 8.78 Å². The van der Waals surface area contributed by atoms with E-state index in [-0.39, 0.29) is 5.56 Å². The normalized spacial score (nSPS) is 10.9. The Hall–Kier alpha value is -4.11. The van der Waals surface area contributed by atoms with E-state index in [0.717, 1.165) is 22.3 Å². The third-order valence-electron chi connectivity index (χ3n) is 5.71. The molecule has 1 aromatic heterocycles. The van der Waals surface area contributed by atoms with Gasteiger partial charge in [0.05, 0.1) is 5.56 Å². The molecule has 5 rings (SSSR count). The van der Waals surface area contributed by atoms with Crippen LogP contribution < -0.4 is 4.57 Å². The molecule has 0 N–H and O–H groups in total. The lowest BCUT2D eigenvalue weighted by Gasteiger charge is -2.19. The number of hydrogen-bond acceptors (Lipinski definition) is 0. The van der Waals surface area contributed by atoms with Crippen molar-refractivity contribution < 1.29 is 13.3 Å². The van der Waals surface area contributed by atoms with Gasteiger partial charge in [0.15, 0.2) is 0 Å². The molecule has 0 radical (unpaired) electrons. The van der Waals surface area contributed by atoms with Gasteiger partial charge in [0, 0.05) is 23.3 Å². The van der Waals surface area contributed by atoms with Crippen molar-refractivity contribution in [1.29, 1.82) is 0 Å². The second-order valence-corrected chi connectivity index (χ2v) is 7.86. The lowest BCUT2D eigenvalue weighted by Crippen LogP contribution is -2.54. The minimum absolute atomic E-state index is 0.0585. The number of rotatable bonds is 5. The van der Waals surface area contributed by atoms with Gasteiger partial charge in [-0.1, -0.05) is 98.8 Å². The molecule has 35 heavy (non-hydrogen) atoms. The van der Waals surface area contributed by atoms with E-state index in [2.05, 4.69) is 0 Å². The molecule has 3 heteroatoms. The molecule has 1 nitrogen and oxygen atoms in total. The van der Waals surface area contributed by atoms with Crippen LogP contribution in [0.5, 0.6) is 0 Å². The summed E-state index contributed by atoms with van der Waals surface area (Å²) in [4.78, 5) is 0. The molecule has 0 aliphatic carbocycles. The van der Waals surface area contributed by atoms with Crippen molar-refractivity contribution in [1.82, 2.24) is 0 Å². The standard InChI is InChI=1S/C30H22F2N.C2H6/c31-30(32,27-19-11-4-12-20-27)33-28(24-15-7-2-8-16-24)21-26(23-13-5-1-6-14-23)22-29(33)25-17-9-3-10-18-25;1-2/h1-22H;1-2H3/q+1;. The van der Waals surface area contributed by atoms with Crippen molar-refractivity contribution in [3.05, 3.63) is 139 Å². The number of alkyl halides is 2. The fraction of sp³-hybridized carbons (Fsp3) is 0.0938. The van der Waals surface area contributed by atoms with Gasteiger partial charge in [0.25, 0.3) is 0 Å². The minimum Gasteiger partial charge on any atom is -0.134 e. The maximum atomic E-state index is 16.3. The molecule has 0 unspecified atom stereocenters. The van der Waals surface area contributed by atoms with Crippen LogP contribution in [0.25, 0.3) is 33.6 Å². The molecule has 0 aliphatic rings. The fourth-order valence-corrected chi connectivity index (χ4v) is 4.11. The summed E-state index contributed by atoms with van der Waals surface area (Å²) >= 11 is 0. The molecule has 0 bridgehead atoms. The maximum absolute atomic E-state index is 16.3. The van der Waals surface area contributed by atoms with Crippen molar-refractivity contribution in [3.63, 3.8) is 0 Å². The zero-order valence-electron chi connectivity index (χ0n) is 19.9. The zero-order valence-corrected chi connectivity index (χ0v) is 19.9. The van der Waals surface area contributed by atoms with Crippen LogP contribution in [0.4, 0.5) is 8.78 Å². The van der Waals surface area contributed by atoms with Gasteiger partial charge in [-0.3, -0.25) is 0 Å². The molecule has 0 atom stereocenters. The Balaban J connectivity index is 0.00000141. The van der Waals surface area contributed by atoms with Gasteiger partial charge in [-0.15, -0.1) is 13.3 Å². The first-order valence-corrected chi connectivity index (χ1v) is 11.8. The van der Waals surface area contributed by atoms with Crippen molar-refractivity contribution in [3.8, 4) is 33.6 Å². The van der Waals surface area contributed by atoms with Crippen LogP contribution >= 0.6 is 0 Å². The molecule has 0 fully saturated rings. The number of aromatic nitrogens is 1. The Morgan fingerprint density at radius 1 is 0.457 bits per heavy atom. The van der Waals surface area contributed by atoms with E-state index < -0.39 is 6.05 Å². The second-order valence-electron chi connectivity index (χ2n) is 7.86. The average molecular weight is 465 g/mol. The number of nitrogens with zero attached hydrogens (tertiary/aromatic N) is 1. The predicted octanol–water partition coefficient (Wildman–Crippen LogP) is 8.60. The van der Waals surface area contributed by atoms with Gasteiger partial charge in [-0.05, 0) is 47.5 Å². The van der Waals surface area contributed by atoms with Gasteiger partial charge < -0.3 is 0 Å². The van der Waals surface area contributed by atoms with E-state index in [1.807, 2.05) is 117 Å².